The van der Waals surface area contributed by atoms with Gasteiger partial charge < -0.3 is 9.80 Å². The lowest BCUT2D eigenvalue weighted by molar-refractivity contribution is 0.433. The third-order valence-corrected chi connectivity index (χ3v) is 2.46. The molecule has 0 atom stereocenters. The molecule has 0 aromatic carbocycles. The smallest absolute Gasteiger partial charge is 0.283 e. The molecule has 0 rings (SSSR count). The first kappa shape index (κ1) is 11.6. The number of nitrogens with zero attached hydrogens (tertiary/aromatic N) is 2. The van der Waals surface area contributed by atoms with Crippen molar-refractivity contribution in [3.05, 3.63) is 0 Å². The third-order valence-electron chi connectivity index (χ3n) is 1.07. The highest BCUT2D eigenvalue weighted by molar-refractivity contribution is 7.85. The second-order valence-electron chi connectivity index (χ2n) is 2.59. The molecule has 0 saturated heterocycles. The minimum Gasteiger partial charge on any atom is -0.355 e. The van der Waals surface area contributed by atoms with Crippen LogP contribution in [0.2, 0.25) is 0 Å². The Hall–Kier alpha value is -0.400. The van der Waals surface area contributed by atoms with Crippen LogP contribution < -0.4 is 0 Å². The molecular formula is C5H12N2O3S2. The van der Waals surface area contributed by atoms with Gasteiger partial charge >= 0.3 is 0 Å². The largest absolute Gasteiger partial charge is 0.355 e. The highest BCUT2D eigenvalue weighted by atomic mass is 32.2. The van der Waals surface area contributed by atoms with Crippen molar-refractivity contribution in [3.63, 3.8) is 0 Å². The maximum Gasteiger partial charge on any atom is 0.283 e. The summed E-state index contributed by atoms with van der Waals surface area (Å²) in [6, 6.07) is 0. The molecule has 0 fully saturated rings. The van der Waals surface area contributed by atoms with Crippen molar-refractivity contribution in [2.24, 2.45) is 0 Å². The molecular weight excluding hydrogens is 200 g/mol. The van der Waals surface area contributed by atoms with Crippen LogP contribution in [0, 0.1) is 0 Å². The Bertz CT molecular complexity index is 260. The van der Waals surface area contributed by atoms with Crippen molar-refractivity contribution >= 4 is 27.4 Å². The van der Waals surface area contributed by atoms with Crippen LogP contribution in [0.4, 0.5) is 0 Å². The summed E-state index contributed by atoms with van der Waals surface area (Å²) in [7, 11) is 0.900. The Morgan fingerprint density at radius 2 is 1.83 bits per heavy atom. The van der Waals surface area contributed by atoms with Crippen molar-refractivity contribution in [1.82, 2.24) is 9.80 Å². The van der Waals surface area contributed by atoms with Gasteiger partial charge in [-0.15, -0.1) is 0 Å². The predicted octanol–water partition coefficient (Wildman–Crippen LogP) is -0.390. The van der Waals surface area contributed by atoms with E-state index in [-0.39, 0.29) is 0 Å². The molecule has 0 saturated carbocycles. The van der Waals surface area contributed by atoms with Gasteiger partial charge in [-0.1, -0.05) is 0 Å². The Kier molecular flexibility index (Phi) is 3.88. The minimum atomic E-state index is -3.99. The topological polar surface area (TPSA) is 60.9 Å². The SMILES string of the molecule is CN(C)C(=S)N(C)CS(=O)(=O)O. The Morgan fingerprint density at radius 3 is 2.08 bits per heavy atom. The molecule has 0 aliphatic heterocycles. The van der Waals surface area contributed by atoms with E-state index in [4.69, 9.17) is 16.8 Å². The number of hydrogen-bond donors (Lipinski definition) is 1. The van der Waals surface area contributed by atoms with Crippen molar-refractivity contribution in [1.29, 1.82) is 0 Å². The fraction of sp³-hybridized carbons (Fsp3) is 0.800. The summed E-state index contributed by atoms with van der Waals surface area (Å²) in [6.07, 6.45) is 0. The van der Waals surface area contributed by atoms with E-state index in [0.29, 0.717) is 5.11 Å². The zero-order chi connectivity index (χ0) is 9.94. The summed E-state index contributed by atoms with van der Waals surface area (Å²) in [5, 5.41) is 0.354. The van der Waals surface area contributed by atoms with E-state index < -0.39 is 16.0 Å². The Labute approximate surface area is 77.7 Å². The van der Waals surface area contributed by atoms with Crippen LogP contribution in [0.25, 0.3) is 0 Å². The van der Waals surface area contributed by atoms with Gasteiger partial charge in [-0.3, -0.25) is 4.55 Å². The quantitative estimate of drug-likeness (QED) is 0.497. The first-order valence-electron chi connectivity index (χ1n) is 3.11. The molecule has 0 heterocycles. The summed E-state index contributed by atoms with van der Waals surface area (Å²) in [5.74, 6) is -0.482. The van der Waals surface area contributed by atoms with Gasteiger partial charge in [0.05, 0.1) is 0 Å². The Balaban J connectivity index is 4.24. The summed E-state index contributed by atoms with van der Waals surface area (Å²) >= 11 is 4.84. The molecule has 0 amide bonds. The molecule has 0 aromatic heterocycles. The molecule has 0 aromatic rings. The van der Waals surface area contributed by atoms with Gasteiger partial charge in [-0.2, -0.15) is 8.42 Å². The van der Waals surface area contributed by atoms with Crippen molar-refractivity contribution in [2.45, 2.75) is 0 Å². The zero-order valence-electron chi connectivity index (χ0n) is 7.18. The van der Waals surface area contributed by atoms with Gasteiger partial charge in [0.15, 0.2) is 5.11 Å². The highest BCUT2D eigenvalue weighted by Crippen LogP contribution is 1.94. The normalized spacial score (nSPS) is 11.0. The van der Waals surface area contributed by atoms with Crippen LogP contribution in [0.15, 0.2) is 0 Å². The van der Waals surface area contributed by atoms with Crippen molar-refractivity contribution < 1.29 is 13.0 Å². The van der Waals surface area contributed by atoms with Gasteiger partial charge in [0.1, 0.15) is 5.88 Å². The standard InChI is InChI=1S/C5H12N2O3S2/c1-6(2)5(11)7(3)4-12(8,9)10/h4H2,1-3H3,(H,8,9,10). The average Bonchev–Trinajstić information content (AvgIpc) is 1.82. The molecule has 5 nitrogen and oxygen atoms in total. The van der Waals surface area contributed by atoms with Gasteiger partial charge in [0, 0.05) is 21.1 Å². The van der Waals surface area contributed by atoms with Crippen LogP contribution in [0.5, 0.6) is 0 Å². The van der Waals surface area contributed by atoms with Crippen molar-refractivity contribution in [2.75, 3.05) is 27.0 Å². The molecule has 0 aliphatic rings. The third kappa shape index (κ3) is 4.47. The van der Waals surface area contributed by atoms with Crippen LogP contribution in [0.1, 0.15) is 0 Å². The highest BCUT2D eigenvalue weighted by Gasteiger charge is 2.13. The van der Waals surface area contributed by atoms with E-state index >= 15 is 0 Å². The van der Waals surface area contributed by atoms with E-state index in [0.717, 1.165) is 0 Å². The number of hydrogen-bond acceptors (Lipinski definition) is 3. The minimum absolute atomic E-state index is 0.354. The van der Waals surface area contributed by atoms with E-state index in [9.17, 15) is 8.42 Å². The Morgan fingerprint density at radius 1 is 1.42 bits per heavy atom. The lowest BCUT2D eigenvalue weighted by Crippen LogP contribution is -2.38. The van der Waals surface area contributed by atoms with E-state index in [1.54, 1.807) is 19.0 Å². The maximum atomic E-state index is 10.4. The molecule has 7 heteroatoms. The lowest BCUT2D eigenvalue weighted by Gasteiger charge is -2.23. The zero-order valence-corrected chi connectivity index (χ0v) is 8.81. The summed E-state index contributed by atoms with van der Waals surface area (Å²) in [5.41, 5.74) is 0. The second-order valence-corrected chi connectivity index (χ2v) is 4.37. The monoisotopic (exact) mass is 212 g/mol. The maximum absolute atomic E-state index is 10.4. The van der Waals surface area contributed by atoms with E-state index in [1.165, 1.54) is 11.9 Å². The molecule has 0 radical (unpaired) electrons. The van der Waals surface area contributed by atoms with Gasteiger partial charge in [0.2, 0.25) is 0 Å². The molecule has 0 spiro atoms. The average molecular weight is 212 g/mol. The van der Waals surface area contributed by atoms with Crippen LogP contribution >= 0.6 is 12.2 Å². The predicted molar refractivity (Wildman–Crippen MR) is 50.5 cm³/mol. The fourth-order valence-corrected chi connectivity index (χ4v) is 1.40. The molecule has 12 heavy (non-hydrogen) atoms. The van der Waals surface area contributed by atoms with Gasteiger partial charge in [0.25, 0.3) is 10.1 Å². The first-order chi connectivity index (χ1) is 5.24. The van der Waals surface area contributed by atoms with E-state index in [2.05, 4.69) is 0 Å². The summed E-state index contributed by atoms with van der Waals surface area (Å²) in [4.78, 5) is 2.85. The van der Waals surface area contributed by atoms with Gasteiger partial charge in [-0.05, 0) is 12.2 Å². The number of thiocarbonyl (C=S) groups is 1. The van der Waals surface area contributed by atoms with Crippen LogP contribution in [0.3, 0.4) is 0 Å². The summed E-state index contributed by atoms with van der Waals surface area (Å²) in [6.45, 7) is 0. The fourth-order valence-electron chi connectivity index (χ4n) is 0.641. The second kappa shape index (κ2) is 4.01. The molecule has 0 bridgehead atoms. The van der Waals surface area contributed by atoms with E-state index in [1.807, 2.05) is 0 Å². The molecule has 1 N–H and O–H groups in total. The van der Waals surface area contributed by atoms with Crippen LogP contribution in [-0.2, 0) is 10.1 Å². The molecule has 0 unspecified atom stereocenters. The summed E-state index contributed by atoms with van der Waals surface area (Å²) < 4.78 is 29.3. The first-order valence-corrected chi connectivity index (χ1v) is 5.13. The van der Waals surface area contributed by atoms with Gasteiger partial charge in [-0.25, -0.2) is 0 Å². The molecule has 72 valence electrons. The molecule has 0 aliphatic carbocycles. The number of rotatable bonds is 2. The lowest BCUT2D eigenvalue weighted by atomic mass is 10.8. The van der Waals surface area contributed by atoms with Crippen LogP contribution in [-0.4, -0.2) is 54.9 Å². The van der Waals surface area contributed by atoms with Crippen molar-refractivity contribution in [3.8, 4) is 0 Å².